The van der Waals surface area contributed by atoms with Crippen molar-refractivity contribution in [3.05, 3.63) is 61.7 Å². The van der Waals surface area contributed by atoms with Gasteiger partial charge in [0.15, 0.2) is 5.16 Å². The predicted molar refractivity (Wildman–Crippen MR) is 124 cm³/mol. The molecule has 12 heteroatoms. The second-order valence-corrected chi connectivity index (χ2v) is 9.35. The van der Waals surface area contributed by atoms with E-state index in [0.717, 1.165) is 26.9 Å². The number of amides is 1. The maximum Gasteiger partial charge on any atom is 0.281 e. The fourth-order valence-corrected chi connectivity index (χ4v) is 5.24. The van der Waals surface area contributed by atoms with Crippen molar-refractivity contribution < 1.29 is 4.79 Å². The number of rotatable bonds is 4. The number of fused-ring (bicyclic) bond motifs is 4. The summed E-state index contributed by atoms with van der Waals surface area (Å²) in [7, 11) is 1.63. The van der Waals surface area contributed by atoms with E-state index in [1.165, 1.54) is 22.2 Å². The highest BCUT2D eigenvalue weighted by molar-refractivity contribution is 7.99. The SMILES string of the molecule is Cc1sc2ncn(NC(=O)CSc3nnc4n(C)c(=O)c5ccccc5n34)c(=O)c2c1C. The highest BCUT2D eigenvalue weighted by atomic mass is 32.2. The average molecular weight is 468 g/mol. The molecule has 1 aromatic carbocycles. The van der Waals surface area contributed by atoms with Gasteiger partial charge in [-0.1, -0.05) is 23.9 Å². The molecule has 0 radical (unpaired) electrons. The van der Waals surface area contributed by atoms with Crippen molar-refractivity contribution in [3.63, 3.8) is 0 Å². The van der Waals surface area contributed by atoms with E-state index in [2.05, 4.69) is 20.6 Å². The van der Waals surface area contributed by atoms with Crippen molar-refractivity contribution in [2.24, 2.45) is 7.05 Å². The van der Waals surface area contributed by atoms with Crippen LogP contribution in [0.1, 0.15) is 10.4 Å². The third-order valence-electron chi connectivity index (χ3n) is 5.26. The highest BCUT2D eigenvalue weighted by Gasteiger charge is 2.17. The zero-order valence-electron chi connectivity index (χ0n) is 17.3. The number of thiophene rings is 1. The minimum atomic E-state index is -0.395. The molecule has 4 aromatic heterocycles. The van der Waals surface area contributed by atoms with E-state index in [0.29, 0.717) is 32.1 Å². The Hall–Kier alpha value is -3.51. The summed E-state index contributed by atoms with van der Waals surface area (Å²) in [5.41, 5.74) is 3.62. The number of nitrogens with one attached hydrogen (secondary N) is 1. The zero-order chi connectivity index (χ0) is 22.6. The number of carbonyl (C=O) groups excluding carboxylic acids is 1. The summed E-state index contributed by atoms with van der Waals surface area (Å²) in [6, 6.07) is 7.16. The molecule has 0 fully saturated rings. The number of aromatic nitrogens is 6. The number of para-hydroxylation sites is 1. The van der Waals surface area contributed by atoms with Gasteiger partial charge >= 0.3 is 0 Å². The fourth-order valence-electron chi connectivity index (χ4n) is 3.52. The van der Waals surface area contributed by atoms with Gasteiger partial charge in [0.2, 0.25) is 11.7 Å². The molecule has 1 N–H and O–H groups in total. The lowest BCUT2D eigenvalue weighted by Gasteiger charge is -2.09. The Bertz CT molecular complexity index is 1660. The molecule has 5 aromatic rings. The van der Waals surface area contributed by atoms with Crippen molar-refractivity contribution in [3.8, 4) is 0 Å². The van der Waals surface area contributed by atoms with Gasteiger partial charge in [-0.25, -0.2) is 9.66 Å². The maximum absolute atomic E-state index is 12.8. The van der Waals surface area contributed by atoms with Gasteiger partial charge in [-0.3, -0.25) is 28.8 Å². The molecule has 0 bridgehead atoms. The molecule has 0 aliphatic rings. The molecule has 0 spiro atoms. The van der Waals surface area contributed by atoms with E-state index < -0.39 is 5.91 Å². The summed E-state index contributed by atoms with van der Waals surface area (Å²) in [6.45, 7) is 3.80. The number of aryl methyl sites for hydroxylation is 3. The third-order valence-corrected chi connectivity index (χ3v) is 7.31. The maximum atomic E-state index is 12.8. The van der Waals surface area contributed by atoms with Gasteiger partial charge in [-0.2, -0.15) is 0 Å². The number of benzene rings is 1. The van der Waals surface area contributed by atoms with Gasteiger partial charge in [0.05, 0.1) is 22.0 Å². The minimum Gasteiger partial charge on any atom is -0.279 e. The lowest BCUT2D eigenvalue weighted by molar-refractivity contribution is -0.114. The van der Waals surface area contributed by atoms with Crippen molar-refractivity contribution in [2.75, 3.05) is 11.2 Å². The number of carbonyl (C=O) groups is 1. The number of nitrogens with zero attached hydrogens (tertiary/aromatic N) is 6. The topological polar surface area (TPSA) is 116 Å². The first-order valence-electron chi connectivity index (χ1n) is 9.59. The minimum absolute atomic E-state index is 0.00984. The Morgan fingerprint density at radius 3 is 2.75 bits per heavy atom. The molecule has 0 atom stereocenters. The largest absolute Gasteiger partial charge is 0.281 e. The van der Waals surface area contributed by atoms with Crippen molar-refractivity contribution >= 4 is 55.9 Å². The predicted octanol–water partition coefficient (Wildman–Crippen LogP) is 1.83. The molecule has 0 unspecified atom stereocenters. The van der Waals surface area contributed by atoms with Crippen LogP contribution < -0.4 is 16.5 Å². The summed E-state index contributed by atoms with van der Waals surface area (Å²) >= 11 is 2.61. The molecule has 10 nitrogen and oxygen atoms in total. The monoisotopic (exact) mass is 467 g/mol. The Kier molecular flexibility index (Phi) is 4.82. The first-order valence-corrected chi connectivity index (χ1v) is 11.4. The van der Waals surface area contributed by atoms with Gasteiger partial charge in [0.1, 0.15) is 11.2 Å². The number of hydrogen-bond donors (Lipinski definition) is 1. The molecule has 5 rings (SSSR count). The molecule has 0 aliphatic heterocycles. The van der Waals surface area contributed by atoms with Crippen LogP contribution in [-0.2, 0) is 11.8 Å². The van der Waals surface area contributed by atoms with Crippen LogP contribution >= 0.6 is 23.1 Å². The Morgan fingerprint density at radius 1 is 1.16 bits per heavy atom. The van der Waals surface area contributed by atoms with Crippen LogP contribution in [0.2, 0.25) is 0 Å². The first kappa shape index (κ1) is 20.4. The smallest absolute Gasteiger partial charge is 0.279 e. The lowest BCUT2D eigenvalue weighted by atomic mass is 10.2. The van der Waals surface area contributed by atoms with Crippen molar-refractivity contribution in [1.82, 2.24) is 28.8 Å². The van der Waals surface area contributed by atoms with Gasteiger partial charge in [0, 0.05) is 11.9 Å². The molecular weight excluding hydrogens is 450 g/mol. The van der Waals surface area contributed by atoms with Gasteiger partial charge in [0.25, 0.3) is 11.1 Å². The first-order chi connectivity index (χ1) is 15.4. The molecule has 32 heavy (non-hydrogen) atoms. The molecule has 1 amide bonds. The standard InChI is InChI=1S/C20H17N7O3S2/c1-10-11(2)32-16-15(10)18(30)26(9-21-16)24-14(28)8-31-20-23-22-19-25(3)17(29)12-6-4-5-7-13(12)27(19)20/h4-7,9H,8H2,1-3H3,(H,24,28). The van der Waals surface area contributed by atoms with Crippen LogP contribution in [0.5, 0.6) is 0 Å². The third kappa shape index (κ3) is 3.10. The van der Waals surface area contributed by atoms with E-state index in [9.17, 15) is 14.4 Å². The van der Waals surface area contributed by atoms with Crippen LogP contribution in [0.25, 0.3) is 26.9 Å². The van der Waals surface area contributed by atoms with Crippen LogP contribution in [0.3, 0.4) is 0 Å². The van der Waals surface area contributed by atoms with Gasteiger partial charge in [-0.15, -0.1) is 21.5 Å². The summed E-state index contributed by atoms with van der Waals surface area (Å²) in [5.74, 6) is -0.0242. The number of hydrogen-bond acceptors (Lipinski definition) is 8. The molecule has 162 valence electrons. The van der Waals surface area contributed by atoms with E-state index in [-0.39, 0.29) is 16.9 Å². The average Bonchev–Trinajstić information content (AvgIpc) is 3.34. The second-order valence-electron chi connectivity index (χ2n) is 7.21. The summed E-state index contributed by atoms with van der Waals surface area (Å²) < 4.78 is 4.27. The molecule has 0 aliphatic carbocycles. The number of thioether (sulfide) groups is 1. The quantitative estimate of drug-likeness (QED) is 0.401. The van der Waals surface area contributed by atoms with Crippen LogP contribution in [0, 0.1) is 13.8 Å². The fraction of sp³-hybridized carbons (Fsp3) is 0.200. The molecule has 0 saturated heterocycles. The Morgan fingerprint density at radius 2 is 1.94 bits per heavy atom. The normalized spacial score (nSPS) is 11.6. The summed E-state index contributed by atoms with van der Waals surface area (Å²) in [4.78, 5) is 43.8. The van der Waals surface area contributed by atoms with Gasteiger partial charge < -0.3 is 0 Å². The summed E-state index contributed by atoms with van der Waals surface area (Å²) in [6.07, 6.45) is 1.32. The van der Waals surface area contributed by atoms with E-state index >= 15 is 0 Å². The van der Waals surface area contributed by atoms with E-state index in [1.54, 1.807) is 23.6 Å². The van der Waals surface area contributed by atoms with E-state index in [1.807, 2.05) is 26.0 Å². The van der Waals surface area contributed by atoms with Crippen molar-refractivity contribution in [2.45, 2.75) is 19.0 Å². The van der Waals surface area contributed by atoms with Gasteiger partial charge in [-0.05, 0) is 31.5 Å². The highest BCUT2D eigenvalue weighted by Crippen LogP contribution is 2.25. The summed E-state index contributed by atoms with van der Waals surface area (Å²) in [5, 5.41) is 9.77. The molecular formula is C20H17N7O3S2. The Balaban J connectivity index is 1.43. The van der Waals surface area contributed by atoms with Crippen LogP contribution in [-0.4, -0.2) is 40.5 Å². The molecule has 0 saturated carbocycles. The van der Waals surface area contributed by atoms with Crippen LogP contribution in [0.4, 0.5) is 0 Å². The molecule has 4 heterocycles. The Labute approximate surface area is 188 Å². The van der Waals surface area contributed by atoms with Crippen molar-refractivity contribution in [1.29, 1.82) is 0 Å². The van der Waals surface area contributed by atoms with E-state index in [4.69, 9.17) is 0 Å². The zero-order valence-corrected chi connectivity index (χ0v) is 19.0. The second kappa shape index (κ2) is 7.57. The van der Waals surface area contributed by atoms with Crippen LogP contribution in [0.15, 0.2) is 45.3 Å². The lowest BCUT2D eigenvalue weighted by Crippen LogP contribution is -2.34.